The first kappa shape index (κ1) is 19.2. The maximum absolute atomic E-state index is 12.1. The summed E-state index contributed by atoms with van der Waals surface area (Å²) in [5.74, 6) is -1.23. The van der Waals surface area contributed by atoms with Crippen LogP contribution in [0.25, 0.3) is 0 Å². The van der Waals surface area contributed by atoms with Gasteiger partial charge in [0, 0.05) is 12.6 Å². The van der Waals surface area contributed by atoms with Crippen molar-refractivity contribution in [1.82, 2.24) is 5.32 Å². The second kappa shape index (κ2) is 9.36. The fraction of sp³-hybridized carbons (Fsp3) is 0.250. The third-order valence-corrected chi connectivity index (χ3v) is 3.62. The summed E-state index contributed by atoms with van der Waals surface area (Å²) in [4.78, 5) is 35.3. The molecule has 0 heterocycles. The number of esters is 1. The van der Waals surface area contributed by atoms with Crippen LogP contribution < -0.4 is 10.6 Å². The highest BCUT2D eigenvalue weighted by atomic mass is 16.5. The van der Waals surface area contributed by atoms with Gasteiger partial charge >= 0.3 is 5.97 Å². The first-order valence-electron chi connectivity index (χ1n) is 8.28. The van der Waals surface area contributed by atoms with Crippen molar-refractivity contribution in [3.63, 3.8) is 0 Å². The SMILES string of the molecule is CC(=O)N[C@@H](CC(=O)OCC(=O)Nc1cccc(C)c1)c1ccccc1. The molecule has 2 rings (SSSR count). The van der Waals surface area contributed by atoms with Gasteiger partial charge in [0.2, 0.25) is 5.91 Å². The van der Waals surface area contributed by atoms with Crippen LogP contribution in [0.3, 0.4) is 0 Å². The van der Waals surface area contributed by atoms with Crippen LogP contribution in [0.15, 0.2) is 54.6 Å². The fourth-order valence-corrected chi connectivity index (χ4v) is 2.47. The van der Waals surface area contributed by atoms with Crippen molar-refractivity contribution in [3.8, 4) is 0 Å². The highest BCUT2D eigenvalue weighted by Crippen LogP contribution is 2.17. The highest BCUT2D eigenvalue weighted by molar-refractivity contribution is 5.92. The number of benzene rings is 2. The molecular weight excluding hydrogens is 332 g/mol. The number of amides is 2. The molecule has 0 aromatic heterocycles. The molecule has 2 aromatic rings. The summed E-state index contributed by atoms with van der Waals surface area (Å²) in [6.07, 6.45) is -0.0542. The molecule has 0 bridgehead atoms. The molecular formula is C20H22N2O4. The molecule has 0 unspecified atom stereocenters. The third kappa shape index (κ3) is 6.39. The lowest BCUT2D eigenvalue weighted by molar-refractivity contribution is -0.148. The summed E-state index contributed by atoms with van der Waals surface area (Å²) in [6.45, 7) is 2.92. The maximum Gasteiger partial charge on any atom is 0.308 e. The molecule has 6 nitrogen and oxygen atoms in total. The van der Waals surface area contributed by atoms with E-state index in [0.29, 0.717) is 5.69 Å². The molecule has 0 aliphatic rings. The lowest BCUT2D eigenvalue weighted by Gasteiger charge is -2.17. The average Bonchev–Trinajstić information content (AvgIpc) is 2.60. The minimum absolute atomic E-state index is 0.0542. The van der Waals surface area contributed by atoms with E-state index in [4.69, 9.17) is 4.74 Å². The molecule has 0 saturated carbocycles. The first-order chi connectivity index (χ1) is 12.4. The van der Waals surface area contributed by atoms with E-state index in [1.807, 2.05) is 55.5 Å². The molecule has 0 aliphatic heterocycles. The van der Waals surface area contributed by atoms with Crippen LogP contribution >= 0.6 is 0 Å². The number of rotatable bonds is 7. The van der Waals surface area contributed by atoms with E-state index in [-0.39, 0.29) is 18.9 Å². The summed E-state index contributed by atoms with van der Waals surface area (Å²) < 4.78 is 5.04. The second-order valence-corrected chi connectivity index (χ2v) is 5.95. The van der Waals surface area contributed by atoms with E-state index >= 15 is 0 Å². The van der Waals surface area contributed by atoms with Gasteiger partial charge in [-0.25, -0.2) is 0 Å². The Morgan fingerprint density at radius 2 is 1.77 bits per heavy atom. The van der Waals surface area contributed by atoms with Gasteiger partial charge in [-0.2, -0.15) is 0 Å². The zero-order chi connectivity index (χ0) is 18.9. The van der Waals surface area contributed by atoms with E-state index < -0.39 is 17.9 Å². The zero-order valence-corrected chi connectivity index (χ0v) is 14.8. The molecule has 26 heavy (non-hydrogen) atoms. The Morgan fingerprint density at radius 1 is 1.04 bits per heavy atom. The molecule has 1 atom stereocenters. The molecule has 6 heteroatoms. The monoisotopic (exact) mass is 354 g/mol. The smallest absolute Gasteiger partial charge is 0.308 e. The Hall–Kier alpha value is -3.15. The van der Waals surface area contributed by atoms with Crippen LogP contribution in [-0.4, -0.2) is 24.4 Å². The van der Waals surface area contributed by atoms with Gasteiger partial charge in [0.25, 0.3) is 5.91 Å². The van der Waals surface area contributed by atoms with E-state index in [2.05, 4.69) is 10.6 Å². The number of ether oxygens (including phenoxy) is 1. The molecule has 136 valence electrons. The van der Waals surface area contributed by atoms with Crippen LogP contribution in [-0.2, 0) is 19.1 Å². The van der Waals surface area contributed by atoms with Gasteiger partial charge in [0.05, 0.1) is 12.5 Å². The molecule has 2 aromatic carbocycles. The Kier molecular flexibility index (Phi) is 6.91. The standard InChI is InChI=1S/C20H22N2O4/c1-14-7-6-10-17(11-14)22-19(24)13-26-20(25)12-18(21-15(2)23)16-8-4-3-5-9-16/h3-11,18H,12-13H2,1-2H3,(H,21,23)(H,22,24)/t18-/m0/s1. The van der Waals surface area contributed by atoms with Gasteiger partial charge < -0.3 is 15.4 Å². The minimum atomic E-state index is -0.563. The number of carbonyl (C=O) groups is 3. The molecule has 0 spiro atoms. The van der Waals surface area contributed by atoms with Crippen molar-refractivity contribution in [3.05, 3.63) is 65.7 Å². The van der Waals surface area contributed by atoms with E-state index in [9.17, 15) is 14.4 Å². The topological polar surface area (TPSA) is 84.5 Å². The normalized spacial score (nSPS) is 11.3. The Labute approximate surface area is 152 Å². The Morgan fingerprint density at radius 3 is 2.42 bits per heavy atom. The lowest BCUT2D eigenvalue weighted by atomic mass is 10.0. The predicted molar refractivity (Wildman–Crippen MR) is 98.4 cm³/mol. The van der Waals surface area contributed by atoms with Crippen molar-refractivity contribution < 1.29 is 19.1 Å². The van der Waals surface area contributed by atoms with E-state index in [0.717, 1.165) is 11.1 Å². The van der Waals surface area contributed by atoms with Crippen molar-refractivity contribution in [2.75, 3.05) is 11.9 Å². The molecule has 0 saturated heterocycles. The number of anilines is 1. The second-order valence-electron chi connectivity index (χ2n) is 5.95. The number of aryl methyl sites for hydroxylation is 1. The van der Waals surface area contributed by atoms with Crippen molar-refractivity contribution >= 4 is 23.5 Å². The summed E-state index contributed by atoms with van der Waals surface area (Å²) >= 11 is 0. The maximum atomic E-state index is 12.1. The minimum Gasteiger partial charge on any atom is -0.455 e. The summed E-state index contributed by atoms with van der Waals surface area (Å²) in [5, 5.41) is 5.39. The van der Waals surface area contributed by atoms with E-state index in [1.54, 1.807) is 6.07 Å². The third-order valence-electron chi connectivity index (χ3n) is 3.62. The van der Waals surface area contributed by atoms with Crippen molar-refractivity contribution in [2.24, 2.45) is 0 Å². The van der Waals surface area contributed by atoms with Crippen molar-refractivity contribution in [1.29, 1.82) is 0 Å². The van der Waals surface area contributed by atoms with Gasteiger partial charge in [-0.15, -0.1) is 0 Å². The highest BCUT2D eigenvalue weighted by Gasteiger charge is 2.18. The summed E-state index contributed by atoms with van der Waals surface area (Å²) in [6, 6.07) is 16.0. The number of carbonyl (C=O) groups excluding carboxylic acids is 3. The van der Waals surface area contributed by atoms with Gasteiger partial charge in [-0.3, -0.25) is 14.4 Å². The molecule has 0 radical (unpaired) electrons. The predicted octanol–water partition coefficient (Wildman–Crippen LogP) is 2.74. The average molecular weight is 354 g/mol. The van der Waals surface area contributed by atoms with Crippen LogP contribution in [0.2, 0.25) is 0 Å². The van der Waals surface area contributed by atoms with Gasteiger partial charge in [0.15, 0.2) is 6.61 Å². The van der Waals surface area contributed by atoms with Gasteiger partial charge in [-0.1, -0.05) is 42.5 Å². The Balaban J connectivity index is 1.87. The first-order valence-corrected chi connectivity index (χ1v) is 8.28. The van der Waals surface area contributed by atoms with E-state index in [1.165, 1.54) is 6.92 Å². The zero-order valence-electron chi connectivity index (χ0n) is 14.8. The van der Waals surface area contributed by atoms with Crippen LogP contribution in [0.4, 0.5) is 5.69 Å². The molecule has 0 aliphatic carbocycles. The lowest BCUT2D eigenvalue weighted by Crippen LogP contribution is -2.29. The quantitative estimate of drug-likeness (QED) is 0.749. The van der Waals surface area contributed by atoms with Crippen molar-refractivity contribution in [2.45, 2.75) is 26.3 Å². The number of nitrogens with one attached hydrogen (secondary N) is 2. The van der Waals surface area contributed by atoms with Gasteiger partial charge in [-0.05, 0) is 30.2 Å². The molecule has 2 amide bonds. The van der Waals surface area contributed by atoms with Crippen LogP contribution in [0.1, 0.15) is 30.5 Å². The van der Waals surface area contributed by atoms with Crippen LogP contribution in [0, 0.1) is 6.92 Å². The van der Waals surface area contributed by atoms with Crippen LogP contribution in [0.5, 0.6) is 0 Å². The number of hydrogen-bond donors (Lipinski definition) is 2. The molecule has 2 N–H and O–H groups in total. The largest absolute Gasteiger partial charge is 0.455 e. The number of hydrogen-bond acceptors (Lipinski definition) is 4. The summed E-state index contributed by atoms with van der Waals surface area (Å²) in [7, 11) is 0. The molecule has 0 fully saturated rings. The Bertz CT molecular complexity index is 774. The van der Waals surface area contributed by atoms with Gasteiger partial charge in [0.1, 0.15) is 0 Å². The fourth-order valence-electron chi connectivity index (χ4n) is 2.47. The summed E-state index contributed by atoms with van der Waals surface area (Å²) in [5.41, 5.74) is 2.45.